The zero-order chi connectivity index (χ0) is 12.5. The molecule has 3 heterocycles. The fourth-order valence-corrected chi connectivity index (χ4v) is 2.30. The molecule has 2 aromatic rings. The van der Waals surface area contributed by atoms with Crippen molar-refractivity contribution in [3.8, 4) is 0 Å². The Morgan fingerprint density at radius 3 is 3.22 bits per heavy atom. The summed E-state index contributed by atoms with van der Waals surface area (Å²) < 4.78 is 4.93. The number of piperidine rings is 1. The topological polar surface area (TPSA) is 101 Å². The van der Waals surface area contributed by atoms with Crippen LogP contribution in [0, 0.1) is 5.92 Å². The fourth-order valence-electron chi connectivity index (χ4n) is 2.30. The summed E-state index contributed by atoms with van der Waals surface area (Å²) in [5.74, 6) is -0.917. The van der Waals surface area contributed by atoms with Crippen LogP contribution in [-0.2, 0) is 4.79 Å². The molecule has 2 aromatic heterocycles. The van der Waals surface area contributed by atoms with Gasteiger partial charge in [0.25, 0.3) is 0 Å². The third-order valence-corrected chi connectivity index (χ3v) is 3.26. The minimum absolute atomic E-state index is 0.164. The summed E-state index contributed by atoms with van der Waals surface area (Å²) in [7, 11) is 0. The summed E-state index contributed by atoms with van der Waals surface area (Å²) in [6.45, 7) is 1.23. The zero-order valence-electron chi connectivity index (χ0n) is 9.54. The number of fused-ring (bicyclic) bond motifs is 1. The van der Waals surface area contributed by atoms with Crippen LogP contribution in [0.15, 0.2) is 16.9 Å². The molecule has 1 aliphatic rings. The van der Waals surface area contributed by atoms with Crippen molar-refractivity contribution in [3.05, 3.63) is 18.2 Å². The molecule has 1 aliphatic heterocycles. The van der Waals surface area contributed by atoms with E-state index in [1.54, 1.807) is 6.20 Å². The van der Waals surface area contributed by atoms with E-state index in [0.29, 0.717) is 29.9 Å². The molecule has 0 spiro atoms. The average Bonchev–Trinajstić information content (AvgIpc) is 2.85. The van der Waals surface area contributed by atoms with Crippen molar-refractivity contribution in [2.75, 3.05) is 13.1 Å². The highest BCUT2D eigenvalue weighted by molar-refractivity contribution is 5.72. The van der Waals surface area contributed by atoms with Gasteiger partial charge in [0.2, 0.25) is 5.58 Å². The number of rotatable bonds is 2. The highest BCUT2D eigenvalue weighted by Gasteiger charge is 2.33. The van der Waals surface area contributed by atoms with Crippen LogP contribution in [0.5, 0.6) is 0 Å². The van der Waals surface area contributed by atoms with Crippen LogP contribution in [0.4, 0.5) is 0 Å². The Morgan fingerprint density at radius 2 is 2.39 bits per heavy atom. The van der Waals surface area contributed by atoms with E-state index < -0.39 is 11.9 Å². The third-order valence-electron chi connectivity index (χ3n) is 3.26. The van der Waals surface area contributed by atoms with E-state index in [1.165, 1.54) is 6.20 Å². The van der Waals surface area contributed by atoms with Gasteiger partial charge in [0.05, 0.1) is 18.3 Å². The van der Waals surface area contributed by atoms with Gasteiger partial charge in [-0.2, -0.15) is 0 Å². The molecule has 1 saturated heterocycles. The molecule has 0 aliphatic carbocycles. The van der Waals surface area contributed by atoms with Crippen LogP contribution in [0.3, 0.4) is 0 Å². The van der Waals surface area contributed by atoms with Crippen LogP contribution < -0.4 is 5.32 Å². The predicted molar refractivity (Wildman–Crippen MR) is 61.0 cm³/mol. The van der Waals surface area contributed by atoms with Gasteiger partial charge in [0.15, 0.2) is 0 Å². The predicted octanol–water partition coefficient (Wildman–Crippen LogP) is 0.395. The number of carboxylic acid groups (broad SMARTS) is 1. The van der Waals surface area contributed by atoms with Gasteiger partial charge >= 0.3 is 5.97 Å². The van der Waals surface area contributed by atoms with Gasteiger partial charge in [-0.3, -0.25) is 4.79 Å². The number of hydrogen-bond donors (Lipinski definition) is 2. The maximum Gasteiger partial charge on any atom is 0.308 e. The Kier molecular flexibility index (Phi) is 2.67. The summed E-state index contributed by atoms with van der Waals surface area (Å²) >= 11 is 0. The van der Waals surface area contributed by atoms with E-state index in [1.807, 2.05) is 0 Å². The third kappa shape index (κ3) is 1.82. The Hall–Kier alpha value is -2.02. The van der Waals surface area contributed by atoms with E-state index in [0.717, 1.165) is 6.54 Å². The summed E-state index contributed by atoms with van der Waals surface area (Å²) in [5, 5.41) is 15.9. The molecule has 94 valence electrons. The lowest BCUT2D eigenvalue weighted by atomic mass is 9.86. The number of carbonyl (C=O) groups is 1. The van der Waals surface area contributed by atoms with Crippen LogP contribution in [-0.4, -0.2) is 39.3 Å². The molecule has 7 heteroatoms. The molecule has 2 atom stereocenters. The fraction of sp³-hybridized carbons (Fsp3) is 0.455. The second kappa shape index (κ2) is 4.34. The van der Waals surface area contributed by atoms with Crippen molar-refractivity contribution < 1.29 is 14.4 Å². The van der Waals surface area contributed by atoms with E-state index in [2.05, 4.69) is 20.4 Å². The second-order valence-corrected chi connectivity index (χ2v) is 4.35. The molecule has 0 radical (unpaired) electrons. The molecular weight excluding hydrogens is 236 g/mol. The first kappa shape index (κ1) is 11.1. The van der Waals surface area contributed by atoms with Crippen molar-refractivity contribution in [2.24, 2.45) is 5.92 Å². The Morgan fingerprint density at radius 1 is 1.50 bits per heavy atom. The largest absolute Gasteiger partial charge is 0.481 e. The molecule has 2 unspecified atom stereocenters. The maximum absolute atomic E-state index is 11.2. The van der Waals surface area contributed by atoms with Gasteiger partial charge in [0.1, 0.15) is 11.3 Å². The highest BCUT2D eigenvalue weighted by atomic mass is 16.5. The van der Waals surface area contributed by atoms with E-state index >= 15 is 0 Å². The number of carboxylic acids is 1. The number of aliphatic carboxylic acids is 1. The Bertz CT molecular complexity index is 582. The molecule has 0 aromatic carbocycles. The molecule has 18 heavy (non-hydrogen) atoms. The number of nitrogens with one attached hydrogen (secondary N) is 1. The van der Waals surface area contributed by atoms with Crippen LogP contribution in [0.2, 0.25) is 0 Å². The molecule has 7 nitrogen and oxygen atoms in total. The molecule has 0 saturated carbocycles. The normalized spacial score (nSPS) is 24.2. The SMILES string of the molecule is O=C(O)C1CNCCC1c1ncc2oncc2n1. The molecule has 2 N–H and O–H groups in total. The molecule has 0 bridgehead atoms. The van der Waals surface area contributed by atoms with Gasteiger partial charge in [-0.15, -0.1) is 0 Å². The smallest absolute Gasteiger partial charge is 0.308 e. The number of hydrogen-bond acceptors (Lipinski definition) is 6. The number of nitrogens with zero attached hydrogens (tertiary/aromatic N) is 3. The minimum Gasteiger partial charge on any atom is -0.481 e. The Balaban J connectivity index is 1.97. The van der Waals surface area contributed by atoms with Crippen LogP contribution in [0.25, 0.3) is 11.1 Å². The van der Waals surface area contributed by atoms with Crippen LogP contribution >= 0.6 is 0 Å². The summed E-state index contributed by atoms with van der Waals surface area (Å²) in [6.07, 6.45) is 3.77. The quantitative estimate of drug-likeness (QED) is 0.792. The first-order valence-corrected chi connectivity index (χ1v) is 5.76. The van der Waals surface area contributed by atoms with E-state index in [9.17, 15) is 9.90 Å². The van der Waals surface area contributed by atoms with Crippen molar-refractivity contribution in [1.29, 1.82) is 0 Å². The van der Waals surface area contributed by atoms with E-state index in [-0.39, 0.29) is 5.92 Å². The highest BCUT2D eigenvalue weighted by Crippen LogP contribution is 2.28. The van der Waals surface area contributed by atoms with Gasteiger partial charge in [-0.05, 0) is 13.0 Å². The zero-order valence-corrected chi connectivity index (χ0v) is 9.54. The summed E-state index contributed by atoms with van der Waals surface area (Å²) in [4.78, 5) is 19.8. The lowest BCUT2D eigenvalue weighted by Gasteiger charge is -2.27. The first-order chi connectivity index (χ1) is 8.75. The average molecular weight is 248 g/mol. The van der Waals surface area contributed by atoms with Gasteiger partial charge in [0, 0.05) is 12.5 Å². The van der Waals surface area contributed by atoms with Gasteiger partial charge in [-0.25, -0.2) is 9.97 Å². The number of aromatic nitrogens is 3. The maximum atomic E-state index is 11.2. The minimum atomic E-state index is -0.818. The van der Waals surface area contributed by atoms with Crippen LogP contribution in [0.1, 0.15) is 18.2 Å². The summed E-state index contributed by atoms with van der Waals surface area (Å²) in [5.41, 5.74) is 1.13. The van der Waals surface area contributed by atoms with E-state index in [4.69, 9.17) is 4.52 Å². The standard InChI is InChI=1S/C11H12N4O3/c16-11(17)7-3-12-2-1-6(7)10-13-5-9-8(15-10)4-14-18-9/h4-7,12H,1-3H2,(H,16,17). The molecule has 3 rings (SSSR count). The first-order valence-electron chi connectivity index (χ1n) is 5.76. The van der Waals surface area contributed by atoms with Crippen molar-refractivity contribution >= 4 is 17.1 Å². The monoisotopic (exact) mass is 248 g/mol. The molecular formula is C11H12N4O3. The Labute approximate surface area is 102 Å². The molecule has 0 amide bonds. The second-order valence-electron chi connectivity index (χ2n) is 4.35. The van der Waals surface area contributed by atoms with Gasteiger partial charge < -0.3 is 14.9 Å². The lowest BCUT2D eigenvalue weighted by Crippen LogP contribution is -2.40. The summed E-state index contributed by atoms with van der Waals surface area (Å²) in [6, 6.07) is 0. The van der Waals surface area contributed by atoms with Crippen molar-refractivity contribution in [1.82, 2.24) is 20.4 Å². The van der Waals surface area contributed by atoms with Gasteiger partial charge in [-0.1, -0.05) is 5.16 Å². The molecule has 1 fully saturated rings. The van der Waals surface area contributed by atoms with Crippen molar-refractivity contribution in [3.63, 3.8) is 0 Å². The van der Waals surface area contributed by atoms with Crippen molar-refractivity contribution in [2.45, 2.75) is 12.3 Å². The lowest BCUT2D eigenvalue weighted by molar-refractivity contribution is -0.143.